The van der Waals surface area contributed by atoms with Crippen LogP contribution in [0.5, 0.6) is 11.5 Å². The normalized spacial score (nSPS) is 14.8. The summed E-state index contributed by atoms with van der Waals surface area (Å²) in [5.41, 5.74) is 4.66. The molecule has 2 heterocycles. The Morgan fingerprint density at radius 2 is 1.97 bits per heavy atom. The Morgan fingerprint density at radius 3 is 2.63 bits per heavy atom. The topological polar surface area (TPSA) is 66.9 Å². The summed E-state index contributed by atoms with van der Waals surface area (Å²) in [5, 5.41) is 0. The summed E-state index contributed by atoms with van der Waals surface area (Å²) < 4.78 is 22.2. The molecule has 0 amide bonds. The molecule has 0 saturated heterocycles. The van der Waals surface area contributed by atoms with E-state index >= 15 is 0 Å². The van der Waals surface area contributed by atoms with Crippen LogP contribution in [-0.4, -0.2) is 30.5 Å². The lowest BCUT2D eigenvalue weighted by Gasteiger charge is -2.34. The van der Waals surface area contributed by atoms with Crippen LogP contribution in [0.4, 0.5) is 0 Å². The number of aromatic nitrogens is 1. The van der Waals surface area contributed by atoms with Crippen molar-refractivity contribution in [3.05, 3.63) is 58.4 Å². The van der Waals surface area contributed by atoms with E-state index in [2.05, 4.69) is 0 Å². The molecule has 0 atom stereocenters. The van der Waals surface area contributed by atoms with Crippen molar-refractivity contribution in [2.45, 2.75) is 52.9 Å². The third kappa shape index (κ3) is 5.19. The molecular formula is C24H29NO5. The quantitative estimate of drug-likeness (QED) is 0.497. The van der Waals surface area contributed by atoms with Gasteiger partial charge in [-0.25, -0.2) is 4.79 Å². The van der Waals surface area contributed by atoms with Crippen molar-refractivity contribution in [2.75, 3.05) is 13.7 Å². The number of methoxy groups -OCH3 is 1. The monoisotopic (exact) mass is 411 g/mol. The van der Waals surface area contributed by atoms with Crippen LogP contribution in [0.2, 0.25) is 0 Å². The molecule has 3 rings (SSSR count). The van der Waals surface area contributed by atoms with Gasteiger partial charge in [0, 0.05) is 36.7 Å². The first-order chi connectivity index (χ1) is 14.3. The zero-order chi connectivity index (χ0) is 21.7. The molecule has 0 saturated carbocycles. The van der Waals surface area contributed by atoms with Crippen LogP contribution in [0, 0.1) is 6.92 Å². The fraction of sp³-hybridized carbons (Fsp3) is 0.417. The maximum atomic E-state index is 11.9. The van der Waals surface area contributed by atoms with Crippen molar-refractivity contribution < 1.29 is 23.7 Å². The van der Waals surface area contributed by atoms with Crippen LogP contribution in [0.1, 0.15) is 48.8 Å². The van der Waals surface area contributed by atoms with Crippen molar-refractivity contribution in [2.24, 2.45) is 0 Å². The molecule has 0 fully saturated rings. The molecule has 2 aromatic rings. The third-order valence-electron chi connectivity index (χ3n) is 4.94. The zero-order valence-corrected chi connectivity index (χ0v) is 18.3. The SMILES string of the molecule is CCOC(=O)/C=C/c1c(CCc2ccc(OC)cc2)nc(C)c2c1COC(C)(C)O2. The van der Waals surface area contributed by atoms with Gasteiger partial charge in [0.25, 0.3) is 0 Å². The number of nitrogens with zero attached hydrogens (tertiary/aromatic N) is 1. The highest BCUT2D eigenvalue weighted by atomic mass is 16.7. The molecule has 0 aliphatic carbocycles. The molecule has 1 aromatic carbocycles. The number of benzene rings is 1. The Kier molecular flexibility index (Phi) is 6.77. The van der Waals surface area contributed by atoms with Gasteiger partial charge in [-0.2, -0.15) is 0 Å². The molecule has 160 valence electrons. The van der Waals surface area contributed by atoms with Crippen LogP contribution < -0.4 is 9.47 Å². The van der Waals surface area contributed by atoms with Crippen LogP contribution in [0.15, 0.2) is 30.3 Å². The lowest BCUT2D eigenvalue weighted by Crippen LogP contribution is -2.36. The highest BCUT2D eigenvalue weighted by molar-refractivity contribution is 5.87. The minimum absolute atomic E-state index is 0.332. The average molecular weight is 411 g/mol. The highest BCUT2D eigenvalue weighted by Gasteiger charge is 2.31. The molecule has 1 aliphatic rings. The lowest BCUT2D eigenvalue weighted by atomic mass is 9.98. The highest BCUT2D eigenvalue weighted by Crippen LogP contribution is 2.37. The number of fused-ring (bicyclic) bond motifs is 1. The predicted molar refractivity (Wildman–Crippen MR) is 115 cm³/mol. The molecular weight excluding hydrogens is 382 g/mol. The molecule has 0 N–H and O–H groups in total. The van der Waals surface area contributed by atoms with Gasteiger partial charge in [-0.05, 0) is 50.5 Å². The zero-order valence-electron chi connectivity index (χ0n) is 18.3. The second-order valence-corrected chi connectivity index (χ2v) is 7.59. The van der Waals surface area contributed by atoms with E-state index in [-0.39, 0.29) is 5.97 Å². The van der Waals surface area contributed by atoms with Gasteiger partial charge in [-0.15, -0.1) is 0 Å². The Labute approximate surface area is 177 Å². The Balaban J connectivity index is 1.94. The summed E-state index contributed by atoms with van der Waals surface area (Å²) in [7, 11) is 1.66. The third-order valence-corrected chi connectivity index (χ3v) is 4.94. The molecule has 6 heteroatoms. The maximum Gasteiger partial charge on any atom is 0.330 e. The number of pyridine rings is 1. The standard InChI is InChI=1S/C24H29NO5/c1-6-28-22(26)14-12-19-20-15-29-24(3,4)30-23(20)16(2)25-21(19)13-9-17-7-10-18(27-5)11-8-17/h7-8,10-12,14H,6,9,13,15H2,1-5H3/b14-12+. The summed E-state index contributed by atoms with van der Waals surface area (Å²) >= 11 is 0. The van der Waals surface area contributed by atoms with Crippen LogP contribution in [0.25, 0.3) is 6.08 Å². The van der Waals surface area contributed by atoms with Crippen LogP contribution in [0.3, 0.4) is 0 Å². The van der Waals surface area contributed by atoms with E-state index in [1.807, 2.05) is 45.0 Å². The molecule has 0 unspecified atom stereocenters. The van der Waals surface area contributed by atoms with Crippen molar-refractivity contribution in [1.29, 1.82) is 0 Å². The van der Waals surface area contributed by atoms with Gasteiger partial charge < -0.3 is 18.9 Å². The molecule has 0 bridgehead atoms. The lowest BCUT2D eigenvalue weighted by molar-refractivity contribution is -0.180. The summed E-state index contributed by atoms with van der Waals surface area (Å²) in [4.78, 5) is 16.7. The Bertz CT molecular complexity index is 932. The fourth-order valence-corrected chi connectivity index (χ4v) is 3.41. The number of ether oxygens (including phenoxy) is 4. The molecule has 0 spiro atoms. The first kappa shape index (κ1) is 21.8. The largest absolute Gasteiger partial charge is 0.497 e. The van der Waals surface area contributed by atoms with Crippen LogP contribution in [-0.2, 0) is 33.7 Å². The second kappa shape index (κ2) is 9.30. The summed E-state index contributed by atoms with van der Waals surface area (Å²) in [6.07, 6.45) is 4.72. The first-order valence-electron chi connectivity index (χ1n) is 10.2. The fourth-order valence-electron chi connectivity index (χ4n) is 3.41. The molecule has 30 heavy (non-hydrogen) atoms. The van der Waals surface area contributed by atoms with Crippen molar-refractivity contribution in [3.8, 4) is 11.5 Å². The predicted octanol–water partition coefficient (Wildman–Crippen LogP) is 4.41. The molecule has 1 aliphatic heterocycles. The number of hydrogen-bond acceptors (Lipinski definition) is 6. The minimum Gasteiger partial charge on any atom is -0.497 e. The van der Waals surface area contributed by atoms with E-state index < -0.39 is 5.79 Å². The first-order valence-corrected chi connectivity index (χ1v) is 10.2. The smallest absolute Gasteiger partial charge is 0.330 e. The number of aryl methyl sites for hydroxylation is 3. The van der Waals surface area contributed by atoms with Gasteiger partial charge in [0.15, 0.2) is 0 Å². The van der Waals surface area contributed by atoms with E-state index in [9.17, 15) is 4.79 Å². The van der Waals surface area contributed by atoms with E-state index in [0.717, 1.165) is 40.4 Å². The van der Waals surface area contributed by atoms with Gasteiger partial charge in [-0.3, -0.25) is 4.98 Å². The number of rotatable bonds is 7. The van der Waals surface area contributed by atoms with Gasteiger partial charge in [0.1, 0.15) is 11.5 Å². The molecule has 0 radical (unpaired) electrons. The number of hydrogen-bond donors (Lipinski definition) is 0. The molecule has 1 aromatic heterocycles. The second-order valence-electron chi connectivity index (χ2n) is 7.59. The van der Waals surface area contributed by atoms with Gasteiger partial charge in [-0.1, -0.05) is 12.1 Å². The summed E-state index contributed by atoms with van der Waals surface area (Å²) in [6, 6.07) is 8.00. The average Bonchev–Trinajstić information content (AvgIpc) is 2.72. The maximum absolute atomic E-state index is 11.9. The Morgan fingerprint density at radius 1 is 1.23 bits per heavy atom. The number of carbonyl (C=O) groups excluding carboxylic acids is 1. The van der Waals surface area contributed by atoms with Crippen molar-refractivity contribution in [3.63, 3.8) is 0 Å². The van der Waals surface area contributed by atoms with E-state index in [1.165, 1.54) is 11.6 Å². The van der Waals surface area contributed by atoms with Crippen molar-refractivity contribution >= 4 is 12.0 Å². The minimum atomic E-state index is -0.716. The Hall–Kier alpha value is -2.86. The van der Waals surface area contributed by atoms with Crippen LogP contribution >= 0.6 is 0 Å². The number of esters is 1. The van der Waals surface area contributed by atoms with Gasteiger partial charge in [0.05, 0.1) is 26.0 Å². The van der Waals surface area contributed by atoms with E-state index in [4.69, 9.17) is 23.9 Å². The molecule has 6 nitrogen and oxygen atoms in total. The van der Waals surface area contributed by atoms with Gasteiger partial charge >= 0.3 is 5.97 Å². The summed E-state index contributed by atoms with van der Waals surface area (Å²) in [6.45, 7) is 8.20. The van der Waals surface area contributed by atoms with Crippen molar-refractivity contribution in [1.82, 2.24) is 4.98 Å². The van der Waals surface area contributed by atoms with E-state index in [1.54, 1.807) is 20.1 Å². The van der Waals surface area contributed by atoms with Gasteiger partial charge in [0.2, 0.25) is 5.79 Å². The number of carbonyl (C=O) groups is 1. The van der Waals surface area contributed by atoms with E-state index in [0.29, 0.717) is 19.6 Å². The summed E-state index contributed by atoms with van der Waals surface area (Å²) in [5.74, 6) is 0.456.